The van der Waals surface area contributed by atoms with Crippen molar-refractivity contribution in [3.63, 3.8) is 0 Å². The highest BCUT2D eigenvalue weighted by atomic mass is 16.1. The molecule has 0 saturated carbocycles. The monoisotopic (exact) mass is 578 g/mol. The average Bonchev–Trinajstić information content (AvgIpc) is 3.00. The van der Waals surface area contributed by atoms with Crippen molar-refractivity contribution >= 4 is 40.4 Å². The summed E-state index contributed by atoms with van der Waals surface area (Å²) < 4.78 is 0. The van der Waals surface area contributed by atoms with Gasteiger partial charge in [0.25, 0.3) is 5.91 Å². The van der Waals surface area contributed by atoms with Gasteiger partial charge in [-0.3, -0.25) is 9.69 Å². The van der Waals surface area contributed by atoms with Gasteiger partial charge in [0.2, 0.25) is 5.95 Å². The summed E-state index contributed by atoms with van der Waals surface area (Å²) in [7, 11) is 4.26. The van der Waals surface area contributed by atoms with Crippen molar-refractivity contribution < 1.29 is 4.79 Å². The predicted molar refractivity (Wildman–Crippen MR) is 177 cm³/mol. The largest absolute Gasteiger partial charge is 0.369 e. The maximum atomic E-state index is 13.4. The van der Waals surface area contributed by atoms with Crippen LogP contribution in [-0.2, 0) is 0 Å². The summed E-state index contributed by atoms with van der Waals surface area (Å²) in [5.41, 5.74) is 6.06. The van der Waals surface area contributed by atoms with E-state index in [4.69, 9.17) is 4.98 Å². The fourth-order valence-electron chi connectivity index (χ4n) is 5.28. The summed E-state index contributed by atoms with van der Waals surface area (Å²) in [6.45, 7) is 10.5. The Morgan fingerprint density at radius 2 is 1.51 bits per heavy atom. The molecule has 0 unspecified atom stereocenters. The molecule has 9 heteroatoms. The molecule has 0 atom stereocenters. The molecule has 1 saturated heterocycles. The number of carbonyl (C=O) groups excluding carboxylic acids is 1. The number of hydrogen-bond acceptors (Lipinski definition) is 8. The zero-order valence-electron chi connectivity index (χ0n) is 25.6. The molecule has 2 heterocycles. The Balaban J connectivity index is 1.27. The Morgan fingerprint density at radius 3 is 2.19 bits per heavy atom. The molecule has 5 rings (SSSR count). The van der Waals surface area contributed by atoms with Gasteiger partial charge in [0, 0.05) is 55.1 Å². The molecule has 1 amide bonds. The summed E-state index contributed by atoms with van der Waals surface area (Å²) in [6.07, 6.45) is 2.77. The van der Waals surface area contributed by atoms with Crippen LogP contribution in [0.2, 0.25) is 0 Å². The second-order valence-corrected chi connectivity index (χ2v) is 11.3. The number of nitrogens with zero attached hydrogens (tertiary/aromatic N) is 5. The van der Waals surface area contributed by atoms with E-state index >= 15 is 0 Å². The highest BCUT2D eigenvalue weighted by Crippen LogP contribution is 2.26. The van der Waals surface area contributed by atoms with Crippen molar-refractivity contribution in [1.82, 2.24) is 19.8 Å². The van der Waals surface area contributed by atoms with Crippen molar-refractivity contribution in [2.75, 3.05) is 74.2 Å². The Hall–Kier alpha value is -4.47. The zero-order chi connectivity index (χ0) is 30.2. The maximum Gasteiger partial charge on any atom is 0.261 e. The smallest absolute Gasteiger partial charge is 0.261 e. The number of rotatable bonds is 11. The van der Waals surface area contributed by atoms with E-state index in [2.05, 4.69) is 61.9 Å². The topological polar surface area (TPSA) is 88.7 Å². The standard InChI is InChI=1S/C34H42N8O/c1-25-10-8-11-26(2)31(25)38-33(43)30-24-35-34(39-32(30)36-27-12-6-5-7-13-27)37-28-14-16-29(17-15-28)42-22-20-41(21-23-42)19-9-18-40(3)4/h5-8,10-17,24H,9,18-23H2,1-4H3,(H,38,43)(H2,35,36,37,39). The Labute approximate surface area is 255 Å². The second-order valence-electron chi connectivity index (χ2n) is 11.3. The fourth-order valence-corrected chi connectivity index (χ4v) is 5.28. The van der Waals surface area contributed by atoms with Crippen LogP contribution in [0.1, 0.15) is 27.9 Å². The van der Waals surface area contributed by atoms with Gasteiger partial charge < -0.3 is 25.8 Å². The zero-order valence-corrected chi connectivity index (χ0v) is 25.6. The van der Waals surface area contributed by atoms with Crippen LogP contribution in [0.5, 0.6) is 0 Å². The Kier molecular flexibility index (Phi) is 9.86. The molecule has 3 N–H and O–H groups in total. The number of aryl methyl sites for hydroxylation is 2. The number of nitrogens with one attached hydrogen (secondary N) is 3. The highest BCUT2D eigenvalue weighted by Gasteiger charge is 2.19. The Morgan fingerprint density at radius 1 is 0.837 bits per heavy atom. The number of anilines is 6. The molecule has 1 aliphatic rings. The van der Waals surface area contributed by atoms with E-state index < -0.39 is 0 Å². The molecular formula is C34H42N8O. The van der Waals surface area contributed by atoms with Crippen molar-refractivity contribution in [3.8, 4) is 0 Å². The maximum absolute atomic E-state index is 13.4. The lowest BCUT2D eigenvalue weighted by Gasteiger charge is -2.36. The Bertz CT molecular complexity index is 1480. The summed E-state index contributed by atoms with van der Waals surface area (Å²) in [5, 5.41) is 9.67. The van der Waals surface area contributed by atoms with Gasteiger partial charge in [0.15, 0.2) is 0 Å². The molecule has 0 spiro atoms. The summed E-state index contributed by atoms with van der Waals surface area (Å²) >= 11 is 0. The molecule has 1 aromatic heterocycles. The first-order valence-electron chi connectivity index (χ1n) is 14.9. The number of carbonyl (C=O) groups is 1. The molecule has 224 valence electrons. The quantitative estimate of drug-likeness (QED) is 0.203. The first-order valence-corrected chi connectivity index (χ1v) is 14.9. The van der Waals surface area contributed by atoms with Crippen molar-refractivity contribution in [3.05, 3.63) is 95.7 Å². The summed E-state index contributed by atoms with van der Waals surface area (Å²) in [4.78, 5) is 29.9. The van der Waals surface area contributed by atoms with Gasteiger partial charge in [-0.1, -0.05) is 36.4 Å². The first kappa shape index (κ1) is 30.0. The third-order valence-corrected chi connectivity index (χ3v) is 7.73. The third-order valence-electron chi connectivity index (χ3n) is 7.73. The average molecular weight is 579 g/mol. The van der Waals surface area contributed by atoms with E-state index in [1.165, 1.54) is 12.1 Å². The molecule has 1 fully saturated rings. The first-order chi connectivity index (χ1) is 20.9. The number of piperazine rings is 1. The van der Waals surface area contributed by atoms with Crippen LogP contribution < -0.4 is 20.9 Å². The van der Waals surface area contributed by atoms with Crippen LogP contribution in [0.25, 0.3) is 0 Å². The lowest BCUT2D eigenvalue weighted by Crippen LogP contribution is -2.46. The summed E-state index contributed by atoms with van der Waals surface area (Å²) in [6, 6.07) is 24.0. The van der Waals surface area contributed by atoms with E-state index in [0.29, 0.717) is 17.3 Å². The lowest BCUT2D eigenvalue weighted by molar-refractivity contribution is 0.102. The van der Waals surface area contributed by atoms with E-state index in [1.54, 1.807) is 6.20 Å². The molecule has 43 heavy (non-hydrogen) atoms. The molecule has 4 aromatic rings. The van der Waals surface area contributed by atoms with Gasteiger partial charge in [0.1, 0.15) is 11.4 Å². The van der Waals surface area contributed by atoms with E-state index in [1.807, 2.05) is 74.5 Å². The number of benzene rings is 3. The normalized spacial score (nSPS) is 13.7. The van der Waals surface area contributed by atoms with Crippen LogP contribution in [0, 0.1) is 13.8 Å². The number of hydrogen-bond donors (Lipinski definition) is 3. The number of aromatic nitrogens is 2. The highest BCUT2D eigenvalue weighted by molar-refractivity contribution is 6.08. The van der Waals surface area contributed by atoms with E-state index in [0.717, 1.165) is 67.5 Å². The van der Waals surface area contributed by atoms with Crippen molar-refractivity contribution in [1.29, 1.82) is 0 Å². The van der Waals surface area contributed by atoms with Gasteiger partial charge in [-0.25, -0.2) is 4.98 Å². The predicted octanol–water partition coefficient (Wildman–Crippen LogP) is 5.91. The van der Waals surface area contributed by atoms with Crippen LogP contribution in [-0.4, -0.2) is 79.0 Å². The van der Waals surface area contributed by atoms with E-state index in [-0.39, 0.29) is 5.91 Å². The second kappa shape index (κ2) is 14.1. The number of amides is 1. The van der Waals surface area contributed by atoms with Gasteiger partial charge in [0.05, 0.1) is 0 Å². The van der Waals surface area contributed by atoms with Crippen molar-refractivity contribution in [2.24, 2.45) is 0 Å². The van der Waals surface area contributed by atoms with Gasteiger partial charge in [-0.05, 0) is 95.0 Å². The number of para-hydroxylation sites is 2. The van der Waals surface area contributed by atoms with Gasteiger partial charge in [-0.2, -0.15) is 4.98 Å². The van der Waals surface area contributed by atoms with Gasteiger partial charge >= 0.3 is 0 Å². The minimum atomic E-state index is -0.274. The SMILES string of the molecule is Cc1cccc(C)c1NC(=O)c1cnc(Nc2ccc(N3CCN(CCCN(C)C)CC3)cc2)nc1Nc1ccccc1. The fraction of sp³-hybridized carbons (Fsp3) is 0.324. The molecule has 1 aliphatic heterocycles. The minimum absolute atomic E-state index is 0.274. The van der Waals surface area contributed by atoms with Crippen molar-refractivity contribution in [2.45, 2.75) is 20.3 Å². The van der Waals surface area contributed by atoms with Crippen LogP contribution in [0.3, 0.4) is 0 Å². The third kappa shape index (κ3) is 8.09. The van der Waals surface area contributed by atoms with Crippen LogP contribution in [0.15, 0.2) is 79.0 Å². The molecule has 0 radical (unpaired) electrons. The molecular weight excluding hydrogens is 536 g/mol. The van der Waals surface area contributed by atoms with Crippen LogP contribution >= 0.6 is 0 Å². The molecule has 0 aliphatic carbocycles. The molecule has 0 bridgehead atoms. The van der Waals surface area contributed by atoms with Gasteiger partial charge in [-0.15, -0.1) is 0 Å². The molecule has 3 aromatic carbocycles. The minimum Gasteiger partial charge on any atom is -0.369 e. The van der Waals surface area contributed by atoms with Crippen LogP contribution in [0.4, 0.5) is 34.5 Å². The summed E-state index contributed by atoms with van der Waals surface area (Å²) in [5.74, 6) is 0.554. The molecule has 9 nitrogen and oxygen atoms in total. The van der Waals surface area contributed by atoms with E-state index in [9.17, 15) is 4.79 Å². The lowest BCUT2D eigenvalue weighted by atomic mass is 10.1.